The van der Waals surface area contributed by atoms with Gasteiger partial charge in [0.1, 0.15) is 0 Å². The fraction of sp³-hybridized carbons (Fsp3) is 0.500. The summed E-state index contributed by atoms with van der Waals surface area (Å²) in [4.78, 5) is 11.8. The van der Waals surface area contributed by atoms with Crippen LogP contribution in [0.4, 0.5) is 0 Å². The summed E-state index contributed by atoms with van der Waals surface area (Å²) < 4.78 is 0. The lowest BCUT2D eigenvalue weighted by Crippen LogP contribution is -2.05. The fourth-order valence-electron chi connectivity index (χ4n) is 1.29. The molecular weight excluding hydrogens is 216 g/mol. The molecule has 0 fully saturated rings. The molecule has 88 valence electrons. The molecule has 0 amide bonds. The first-order valence-electron chi connectivity index (χ1n) is 5.81. The molecule has 0 bridgehead atoms. The van der Waals surface area contributed by atoms with Gasteiger partial charge >= 0.3 is 0 Å². The third kappa shape index (κ3) is 4.40. The largest absolute Gasteiger partial charge is 0.293 e. The van der Waals surface area contributed by atoms with Crippen molar-refractivity contribution in [1.82, 2.24) is 0 Å². The van der Waals surface area contributed by atoms with Crippen LogP contribution in [-0.4, -0.2) is 17.3 Å². The van der Waals surface area contributed by atoms with Crippen molar-refractivity contribution in [3.8, 4) is 0 Å². The molecule has 0 aromatic heterocycles. The Bertz CT molecular complexity index is 329. The second-order valence-electron chi connectivity index (χ2n) is 4.32. The second-order valence-corrected chi connectivity index (χ2v) is 5.35. The Morgan fingerprint density at radius 1 is 1.31 bits per heavy atom. The van der Waals surface area contributed by atoms with Crippen LogP contribution >= 0.6 is 11.8 Å². The molecule has 0 aliphatic carbocycles. The van der Waals surface area contributed by atoms with Gasteiger partial charge in [0, 0.05) is 5.56 Å². The highest BCUT2D eigenvalue weighted by atomic mass is 32.2. The van der Waals surface area contributed by atoms with E-state index in [0.717, 1.165) is 11.3 Å². The number of benzene rings is 1. The number of thioether (sulfide) groups is 1. The molecular formula is C14H20OS. The van der Waals surface area contributed by atoms with E-state index < -0.39 is 0 Å². The molecule has 0 aliphatic rings. The number of carbonyl (C=O) groups is 1. The van der Waals surface area contributed by atoms with Gasteiger partial charge in [-0.2, -0.15) is 11.8 Å². The first-order chi connectivity index (χ1) is 7.63. The van der Waals surface area contributed by atoms with Crippen LogP contribution in [-0.2, 0) is 0 Å². The van der Waals surface area contributed by atoms with Gasteiger partial charge in [0.2, 0.25) is 0 Å². The maximum absolute atomic E-state index is 11.8. The topological polar surface area (TPSA) is 17.1 Å². The summed E-state index contributed by atoms with van der Waals surface area (Å²) >= 11 is 1.74. The lowest BCUT2D eigenvalue weighted by molar-refractivity contribution is 0.102. The highest BCUT2D eigenvalue weighted by Crippen LogP contribution is 2.13. The first-order valence-corrected chi connectivity index (χ1v) is 6.96. The summed E-state index contributed by atoms with van der Waals surface area (Å²) in [6.07, 6.45) is 1.19. The minimum atomic E-state index is 0.244. The highest BCUT2D eigenvalue weighted by molar-refractivity contribution is 7.99. The molecule has 0 N–H and O–H groups in total. The van der Waals surface area contributed by atoms with Crippen LogP contribution in [0.2, 0.25) is 0 Å². The van der Waals surface area contributed by atoms with E-state index in [0.29, 0.717) is 11.7 Å². The van der Waals surface area contributed by atoms with E-state index in [9.17, 15) is 4.79 Å². The van der Waals surface area contributed by atoms with Crippen LogP contribution in [0.15, 0.2) is 24.3 Å². The average molecular weight is 236 g/mol. The predicted octanol–water partition coefficient (Wildman–Crippen LogP) is 3.96. The molecule has 0 saturated heterocycles. The Morgan fingerprint density at radius 2 is 1.94 bits per heavy atom. The molecule has 1 rings (SSSR count). The van der Waals surface area contributed by atoms with Crippen LogP contribution in [0.25, 0.3) is 0 Å². The Hall–Kier alpha value is -0.760. The van der Waals surface area contributed by atoms with Crippen molar-refractivity contribution in [2.24, 2.45) is 5.92 Å². The van der Waals surface area contributed by atoms with Crippen LogP contribution in [0.3, 0.4) is 0 Å². The van der Waals surface area contributed by atoms with Crippen molar-refractivity contribution in [3.63, 3.8) is 0 Å². The SMILES string of the molecule is CCC(C)CSCC(=O)c1ccc(C)cc1. The summed E-state index contributed by atoms with van der Waals surface area (Å²) in [6.45, 7) is 6.45. The van der Waals surface area contributed by atoms with Gasteiger partial charge < -0.3 is 0 Å². The van der Waals surface area contributed by atoms with E-state index in [-0.39, 0.29) is 5.78 Å². The van der Waals surface area contributed by atoms with Crippen LogP contribution in [0.5, 0.6) is 0 Å². The van der Waals surface area contributed by atoms with E-state index in [2.05, 4.69) is 13.8 Å². The number of rotatable bonds is 6. The Balaban J connectivity index is 2.38. The van der Waals surface area contributed by atoms with Crippen molar-refractivity contribution in [3.05, 3.63) is 35.4 Å². The van der Waals surface area contributed by atoms with E-state index in [1.54, 1.807) is 11.8 Å². The maximum atomic E-state index is 11.8. The van der Waals surface area contributed by atoms with Crippen LogP contribution < -0.4 is 0 Å². The van der Waals surface area contributed by atoms with Gasteiger partial charge in [0.15, 0.2) is 5.78 Å². The van der Waals surface area contributed by atoms with E-state index in [1.807, 2.05) is 31.2 Å². The predicted molar refractivity (Wildman–Crippen MR) is 72.3 cm³/mol. The minimum absolute atomic E-state index is 0.244. The molecule has 1 atom stereocenters. The molecule has 0 radical (unpaired) electrons. The average Bonchev–Trinajstić information content (AvgIpc) is 2.29. The molecule has 0 saturated carbocycles. The fourth-order valence-corrected chi connectivity index (χ4v) is 2.40. The van der Waals surface area contributed by atoms with Gasteiger partial charge in [-0.05, 0) is 18.6 Å². The van der Waals surface area contributed by atoms with Gasteiger partial charge in [0.25, 0.3) is 0 Å². The van der Waals surface area contributed by atoms with Crippen molar-refractivity contribution < 1.29 is 4.79 Å². The highest BCUT2D eigenvalue weighted by Gasteiger charge is 2.06. The zero-order valence-corrected chi connectivity index (χ0v) is 11.1. The minimum Gasteiger partial charge on any atom is -0.293 e. The summed E-state index contributed by atoms with van der Waals surface area (Å²) in [5.41, 5.74) is 2.03. The number of carbonyl (C=O) groups excluding carboxylic acids is 1. The second kappa shape index (κ2) is 6.74. The lowest BCUT2D eigenvalue weighted by Gasteiger charge is -2.07. The molecule has 1 aromatic rings. The van der Waals surface area contributed by atoms with Crippen molar-refractivity contribution in [2.45, 2.75) is 27.2 Å². The van der Waals surface area contributed by atoms with Gasteiger partial charge in [-0.25, -0.2) is 0 Å². The molecule has 0 spiro atoms. The summed E-state index contributed by atoms with van der Waals surface area (Å²) in [5, 5.41) is 0. The smallest absolute Gasteiger partial charge is 0.172 e. The van der Waals surface area contributed by atoms with Crippen molar-refractivity contribution in [1.29, 1.82) is 0 Å². The first kappa shape index (κ1) is 13.3. The van der Waals surface area contributed by atoms with Gasteiger partial charge in [0.05, 0.1) is 5.75 Å². The van der Waals surface area contributed by atoms with E-state index in [4.69, 9.17) is 0 Å². The Labute approximate surface area is 103 Å². The van der Waals surface area contributed by atoms with E-state index in [1.165, 1.54) is 12.0 Å². The maximum Gasteiger partial charge on any atom is 0.172 e. The number of Topliss-reactive ketones (excluding diaryl/α,β-unsaturated/α-hetero) is 1. The molecule has 1 nitrogen and oxygen atoms in total. The Kier molecular flexibility index (Phi) is 5.61. The molecule has 0 heterocycles. The third-order valence-corrected chi connectivity index (χ3v) is 3.98. The Morgan fingerprint density at radius 3 is 2.50 bits per heavy atom. The van der Waals surface area contributed by atoms with E-state index >= 15 is 0 Å². The summed E-state index contributed by atoms with van der Waals surface area (Å²) in [5.74, 6) is 2.63. The monoisotopic (exact) mass is 236 g/mol. The summed E-state index contributed by atoms with van der Waals surface area (Å²) in [6, 6.07) is 7.82. The lowest BCUT2D eigenvalue weighted by atomic mass is 10.1. The van der Waals surface area contributed by atoms with Gasteiger partial charge in [-0.15, -0.1) is 0 Å². The molecule has 2 heteroatoms. The number of hydrogen-bond donors (Lipinski definition) is 0. The molecule has 0 aliphatic heterocycles. The number of ketones is 1. The van der Waals surface area contributed by atoms with Gasteiger partial charge in [-0.1, -0.05) is 50.1 Å². The zero-order chi connectivity index (χ0) is 12.0. The zero-order valence-electron chi connectivity index (χ0n) is 10.3. The molecule has 1 aromatic carbocycles. The van der Waals surface area contributed by atoms with Gasteiger partial charge in [-0.3, -0.25) is 4.79 Å². The van der Waals surface area contributed by atoms with Crippen LogP contribution in [0.1, 0.15) is 36.2 Å². The van der Waals surface area contributed by atoms with Crippen molar-refractivity contribution in [2.75, 3.05) is 11.5 Å². The van der Waals surface area contributed by atoms with Crippen LogP contribution in [0, 0.1) is 12.8 Å². The normalized spacial score (nSPS) is 12.4. The number of aryl methyl sites for hydroxylation is 1. The standard InChI is InChI=1S/C14H20OS/c1-4-11(2)9-16-10-14(15)13-7-5-12(3)6-8-13/h5-8,11H,4,9-10H2,1-3H3. The molecule has 16 heavy (non-hydrogen) atoms. The quantitative estimate of drug-likeness (QED) is 0.695. The number of hydrogen-bond acceptors (Lipinski definition) is 2. The summed E-state index contributed by atoms with van der Waals surface area (Å²) in [7, 11) is 0. The third-order valence-electron chi connectivity index (χ3n) is 2.71. The van der Waals surface area contributed by atoms with Crippen molar-refractivity contribution >= 4 is 17.5 Å². The molecule has 1 unspecified atom stereocenters.